The minimum atomic E-state index is -0.364. The van der Waals surface area contributed by atoms with E-state index in [0.29, 0.717) is 36.9 Å². The van der Waals surface area contributed by atoms with Crippen LogP contribution in [0.2, 0.25) is 0 Å². The highest BCUT2D eigenvalue weighted by molar-refractivity contribution is 5.93. The number of fused-ring (bicyclic) bond motifs is 1. The van der Waals surface area contributed by atoms with Gasteiger partial charge in [0, 0.05) is 33.3 Å². The fourth-order valence-electron chi connectivity index (χ4n) is 3.50. The van der Waals surface area contributed by atoms with E-state index in [9.17, 15) is 14.4 Å². The molecule has 3 aromatic rings. The summed E-state index contributed by atoms with van der Waals surface area (Å²) in [5.41, 5.74) is 2.64. The Bertz CT molecular complexity index is 1150. The number of rotatable bonds is 6. The maximum Gasteiger partial charge on any atom is 0.330 e. The predicted molar refractivity (Wildman–Crippen MR) is 108 cm³/mol. The van der Waals surface area contributed by atoms with E-state index in [1.165, 1.54) is 11.6 Å². The van der Waals surface area contributed by atoms with Gasteiger partial charge < -0.3 is 9.30 Å². The van der Waals surface area contributed by atoms with Gasteiger partial charge in [0.15, 0.2) is 0 Å². The van der Waals surface area contributed by atoms with Gasteiger partial charge in [0.2, 0.25) is 0 Å². The molecule has 0 amide bonds. The third kappa shape index (κ3) is 3.52. The number of aromatic nitrogens is 3. The quantitative estimate of drug-likeness (QED) is 0.613. The first-order valence-electron chi connectivity index (χ1n) is 9.36. The van der Waals surface area contributed by atoms with Crippen LogP contribution < -0.4 is 11.2 Å². The zero-order valence-electron chi connectivity index (χ0n) is 16.7. The lowest BCUT2D eigenvalue weighted by atomic mass is 10.1. The predicted octanol–water partition coefficient (Wildman–Crippen LogP) is 2.36. The number of hydrogen-bond acceptors (Lipinski definition) is 4. The average Bonchev–Trinajstić information content (AvgIpc) is 3.04. The summed E-state index contributed by atoms with van der Waals surface area (Å²) in [6.45, 7) is 4.67. The summed E-state index contributed by atoms with van der Waals surface area (Å²) in [7, 11) is 3.15. The van der Waals surface area contributed by atoms with E-state index in [1.807, 2.05) is 42.0 Å². The van der Waals surface area contributed by atoms with E-state index < -0.39 is 0 Å². The zero-order valence-corrected chi connectivity index (χ0v) is 16.7. The molecule has 0 saturated heterocycles. The molecule has 0 aliphatic carbocycles. The third-order valence-corrected chi connectivity index (χ3v) is 4.89. The van der Waals surface area contributed by atoms with Gasteiger partial charge in [-0.1, -0.05) is 23.8 Å². The smallest absolute Gasteiger partial charge is 0.330 e. The largest absolute Gasteiger partial charge is 0.466 e. The van der Waals surface area contributed by atoms with Crippen molar-refractivity contribution in [3.05, 3.63) is 56.9 Å². The number of benzene rings is 1. The van der Waals surface area contributed by atoms with Crippen molar-refractivity contribution in [3.8, 4) is 11.3 Å². The molecule has 2 aromatic heterocycles. The molecule has 148 valence electrons. The first-order chi connectivity index (χ1) is 13.3. The maximum absolute atomic E-state index is 12.9. The highest BCUT2D eigenvalue weighted by Crippen LogP contribution is 2.29. The molecule has 0 bridgehead atoms. The van der Waals surface area contributed by atoms with Gasteiger partial charge in [-0.15, -0.1) is 0 Å². The van der Waals surface area contributed by atoms with Gasteiger partial charge >= 0.3 is 11.7 Å². The van der Waals surface area contributed by atoms with Crippen LogP contribution in [-0.2, 0) is 30.2 Å². The van der Waals surface area contributed by atoms with Crippen molar-refractivity contribution in [1.82, 2.24) is 13.7 Å². The Kier molecular flexibility index (Phi) is 5.53. The van der Waals surface area contributed by atoms with Crippen molar-refractivity contribution in [2.45, 2.75) is 33.2 Å². The minimum absolute atomic E-state index is 0.236. The van der Waals surface area contributed by atoms with Gasteiger partial charge in [-0.05, 0) is 31.9 Å². The first-order valence-corrected chi connectivity index (χ1v) is 9.36. The SMILES string of the molecule is CCOC(=O)CCCn1cc2c(c1-c1cccc(C)c1)c(=O)n(C)c(=O)n2C. The number of ether oxygens (including phenoxy) is 1. The highest BCUT2D eigenvalue weighted by Gasteiger charge is 2.19. The second-order valence-corrected chi connectivity index (χ2v) is 6.92. The van der Waals surface area contributed by atoms with E-state index in [1.54, 1.807) is 14.0 Å². The maximum atomic E-state index is 12.9. The van der Waals surface area contributed by atoms with E-state index in [4.69, 9.17) is 4.74 Å². The Hall–Kier alpha value is -3.09. The topological polar surface area (TPSA) is 75.2 Å². The normalized spacial score (nSPS) is 11.1. The van der Waals surface area contributed by atoms with E-state index in [2.05, 4.69) is 0 Å². The molecule has 3 rings (SSSR count). The van der Waals surface area contributed by atoms with Crippen molar-refractivity contribution in [2.75, 3.05) is 6.61 Å². The van der Waals surface area contributed by atoms with Crippen LogP contribution in [0.15, 0.2) is 40.1 Å². The lowest BCUT2D eigenvalue weighted by Crippen LogP contribution is -2.36. The van der Waals surface area contributed by atoms with Crippen LogP contribution in [0, 0.1) is 6.92 Å². The van der Waals surface area contributed by atoms with Crippen molar-refractivity contribution >= 4 is 16.9 Å². The lowest BCUT2D eigenvalue weighted by Gasteiger charge is -2.10. The van der Waals surface area contributed by atoms with E-state index >= 15 is 0 Å². The molecule has 28 heavy (non-hydrogen) atoms. The Morgan fingerprint density at radius 3 is 2.57 bits per heavy atom. The number of carbonyl (C=O) groups excluding carboxylic acids is 1. The van der Waals surface area contributed by atoms with Crippen molar-refractivity contribution in [3.63, 3.8) is 0 Å². The fraction of sp³-hybridized carbons (Fsp3) is 0.381. The molecule has 7 heteroatoms. The summed E-state index contributed by atoms with van der Waals surface area (Å²) >= 11 is 0. The fourth-order valence-corrected chi connectivity index (χ4v) is 3.50. The number of carbonyl (C=O) groups is 1. The molecular weight excluding hydrogens is 358 g/mol. The summed E-state index contributed by atoms with van der Waals surface area (Å²) in [6, 6.07) is 7.90. The Labute approximate surface area is 162 Å². The lowest BCUT2D eigenvalue weighted by molar-refractivity contribution is -0.143. The van der Waals surface area contributed by atoms with Crippen molar-refractivity contribution < 1.29 is 9.53 Å². The van der Waals surface area contributed by atoms with Crippen molar-refractivity contribution in [2.24, 2.45) is 14.1 Å². The van der Waals surface area contributed by atoms with Gasteiger partial charge in [-0.25, -0.2) is 4.79 Å². The number of hydrogen-bond donors (Lipinski definition) is 0. The molecule has 1 aromatic carbocycles. The molecule has 0 saturated carbocycles. The molecule has 0 N–H and O–H groups in total. The number of nitrogens with zero attached hydrogens (tertiary/aromatic N) is 3. The van der Waals surface area contributed by atoms with Crippen LogP contribution in [0.4, 0.5) is 0 Å². The molecule has 7 nitrogen and oxygen atoms in total. The van der Waals surface area contributed by atoms with Crippen LogP contribution >= 0.6 is 0 Å². The molecule has 2 heterocycles. The second-order valence-electron chi connectivity index (χ2n) is 6.92. The van der Waals surface area contributed by atoms with Crippen LogP contribution in [0.3, 0.4) is 0 Å². The third-order valence-electron chi connectivity index (χ3n) is 4.89. The molecule has 0 atom stereocenters. The van der Waals surface area contributed by atoms with Gasteiger partial charge in [-0.2, -0.15) is 0 Å². The summed E-state index contributed by atoms with van der Waals surface area (Å²) < 4.78 is 9.56. The second kappa shape index (κ2) is 7.88. The summed E-state index contributed by atoms with van der Waals surface area (Å²) in [6.07, 6.45) is 2.69. The van der Waals surface area contributed by atoms with Crippen LogP contribution in [0.1, 0.15) is 25.3 Å². The average molecular weight is 383 g/mol. The molecule has 0 unspecified atom stereocenters. The van der Waals surface area contributed by atoms with E-state index in [-0.39, 0.29) is 17.2 Å². The minimum Gasteiger partial charge on any atom is -0.466 e. The molecular formula is C21H25N3O4. The standard InChI is InChI=1S/C21H25N3O4/c1-5-28-17(25)10-7-11-24-13-16-18(20(26)23(4)21(27)22(16)3)19(24)15-9-6-8-14(2)12-15/h6,8-9,12-13H,5,7,10-11H2,1-4H3. The first kappa shape index (κ1) is 19.7. The Morgan fingerprint density at radius 1 is 1.14 bits per heavy atom. The van der Waals surface area contributed by atoms with Crippen LogP contribution in [0.5, 0.6) is 0 Å². The Balaban J connectivity index is 2.17. The summed E-state index contributed by atoms with van der Waals surface area (Å²) in [5, 5.41) is 0.506. The van der Waals surface area contributed by atoms with Crippen molar-refractivity contribution in [1.29, 1.82) is 0 Å². The van der Waals surface area contributed by atoms with Crippen LogP contribution in [0.25, 0.3) is 22.2 Å². The van der Waals surface area contributed by atoms with E-state index in [0.717, 1.165) is 21.4 Å². The molecule has 0 radical (unpaired) electrons. The number of esters is 1. The zero-order chi connectivity index (χ0) is 20.4. The summed E-state index contributed by atoms with van der Waals surface area (Å²) in [5.74, 6) is -0.236. The molecule has 0 spiro atoms. The molecule has 0 aliphatic heterocycles. The highest BCUT2D eigenvalue weighted by atomic mass is 16.5. The summed E-state index contributed by atoms with van der Waals surface area (Å²) in [4.78, 5) is 36.9. The van der Waals surface area contributed by atoms with Gasteiger partial charge in [0.1, 0.15) is 0 Å². The van der Waals surface area contributed by atoms with Gasteiger partial charge in [0.25, 0.3) is 5.56 Å². The number of aryl methyl sites for hydroxylation is 3. The molecule has 0 aliphatic rings. The Morgan fingerprint density at radius 2 is 1.89 bits per heavy atom. The van der Waals surface area contributed by atoms with Gasteiger partial charge in [0.05, 0.1) is 23.2 Å². The van der Waals surface area contributed by atoms with Crippen LogP contribution in [-0.4, -0.2) is 26.3 Å². The molecule has 0 fully saturated rings. The monoisotopic (exact) mass is 383 g/mol. The van der Waals surface area contributed by atoms with Gasteiger partial charge in [-0.3, -0.25) is 18.7 Å².